The average molecular weight is 188 g/mol. The van der Waals surface area contributed by atoms with Crippen molar-refractivity contribution < 1.29 is 47.6 Å². The maximum Gasteiger partial charge on any atom is 1.00 e. The second-order valence-corrected chi connectivity index (χ2v) is 3.47. The van der Waals surface area contributed by atoms with Crippen LogP contribution in [0.3, 0.4) is 0 Å². The summed E-state index contributed by atoms with van der Waals surface area (Å²) in [4.78, 5) is 0. The summed E-state index contributed by atoms with van der Waals surface area (Å²) in [5, 5.41) is 7.13. The molecule has 60 valence electrons. The van der Waals surface area contributed by atoms with Crippen molar-refractivity contribution in [3.63, 3.8) is 0 Å². The summed E-state index contributed by atoms with van der Waals surface area (Å²) in [6.07, 6.45) is 1.29. The molecule has 4 nitrogen and oxygen atoms in total. The monoisotopic (exact) mass is 188 g/mol. The molecule has 0 aromatic carbocycles. The van der Waals surface area contributed by atoms with Gasteiger partial charge in [-0.2, -0.15) is 0 Å². The molecular formula is C5H9NaO4S. The minimum absolute atomic E-state index is 0. The zero-order valence-corrected chi connectivity index (χ0v) is 9.17. The Labute approximate surface area is 88.3 Å². The number of allylic oxidation sites excluding steroid dienone is 1. The van der Waals surface area contributed by atoms with Crippen LogP contribution in [0, 0.1) is 0 Å². The normalized spacial score (nSPS) is 13.3. The molecule has 0 aliphatic carbocycles. The van der Waals surface area contributed by atoms with Crippen molar-refractivity contribution in [2.24, 2.45) is 0 Å². The first kappa shape index (κ1) is 14.2. The van der Waals surface area contributed by atoms with E-state index in [4.69, 9.17) is 5.11 Å². The van der Waals surface area contributed by atoms with Crippen molar-refractivity contribution in [3.8, 4) is 0 Å². The summed E-state index contributed by atoms with van der Waals surface area (Å²) < 4.78 is 30.6. The molecule has 0 saturated carbocycles. The quantitative estimate of drug-likeness (QED) is 0.282. The van der Waals surface area contributed by atoms with Crippen molar-refractivity contribution in [1.82, 2.24) is 0 Å². The minimum atomic E-state index is -4.35. The van der Waals surface area contributed by atoms with E-state index in [1.54, 1.807) is 0 Å². The van der Waals surface area contributed by atoms with Gasteiger partial charge in [-0.25, -0.2) is 8.42 Å². The van der Waals surface area contributed by atoms with Crippen LogP contribution in [0.1, 0.15) is 6.42 Å². The Morgan fingerprint density at radius 2 is 2.09 bits per heavy atom. The maximum atomic E-state index is 10.2. The van der Waals surface area contributed by atoms with Gasteiger partial charge in [0.1, 0.15) is 10.1 Å². The van der Waals surface area contributed by atoms with Gasteiger partial charge in [-0.05, 0) is 6.42 Å². The van der Waals surface area contributed by atoms with E-state index < -0.39 is 22.0 Å². The fraction of sp³-hybridized carbons (Fsp3) is 0.600. The molecule has 0 aromatic rings. The van der Waals surface area contributed by atoms with Gasteiger partial charge in [-0.1, -0.05) is 6.08 Å². The Balaban J connectivity index is 0. The first-order chi connectivity index (χ1) is 4.52. The summed E-state index contributed by atoms with van der Waals surface area (Å²) in [7, 11) is -4.35. The van der Waals surface area contributed by atoms with E-state index in [-0.39, 0.29) is 36.0 Å². The maximum absolute atomic E-state index is 10.2. The van der Waals surface area contributed by atoms with E-state index in [0.717, 1.165) is 0 Å². The van der Waals surface area contributed by atoms with Crippen molar-refractivity contribution >= 4 is 10.1 Å². The molecule has 0 radical (unpaired) electrons. The fourth-order valence-corrected chi connectivity index (χ4v) is 1.02. The van der Waals surface area contributed by atoms with Gasteiger partial charge >= 0.3 is 29.6 Å². The molecule has 1 N–H and O–H groups in total. The Kier molecular flexibility index (Phi) is 7.93. The molecule has 0 fully saturated rings. The van der Waals surface area contributed by atoms with Gasteiger partial charge in [0, 0.05) is 0 Å². The van der Waals surface area contributed by atoms with Crippen LogP contribution >= 0.6 is 0 Å². The van der Waals surface area contributed by atoms with E-state index in [2.05, 4.69) is 6.58 Å². The predicted octanol–water partition coefficient (Wildman–Crippen LogP) is -3.53. The Morgan fingerprint density at radius 1 is 1.64 bits per heavy atom. The average Bonchev–Trinajstić information content (AvgIpc) is 1.80. The third kappa shape index (κ3) is 5.84. The fourth-order valence-electron chi connectivity index (χ4n) is 0.470. The van der Waals surface area contributed by atoms with Gasteiger partial charge in [0.2, 0.25) is 0 Å². The summed E-state index contributed by atoms with van der Waals surface area (Å²) in [5.74, 6) is 0. The van der Waals surface area contributed by atoms with Crippen molar-refractivity contribution in [2.75, 3.05) is 6.61 Å². The van der Waals surface area contributed by atoms with E-state index >= 15 is 0 Å². The first-order valence-corrected chi connectivity index (χ1v) is 4.16. The number of rotatable bonds is 4. The Hall–Kier alpha value is 0.610. The molecule has 6 heteroatoms. The Bertz CT molecular complexity index is 199. The smallest absolute Gasteiger partial charge is 0.748 e. The van der Waals surface area contributed by atoms with Crippen LogP contribution in [0.2, 0.25) is 0 Å². The molecule has 1 unspecified atom stereocenters. The van der Waals surface area contributed by atoms with Crippen LogP contribution < -0.4 is 29.6 Å². The number of aliphatic hydroxyl groups is 1. The zero-order chi connectivity index (χ0) is 8.20. The second kappa shape index (κ2) is 6.16. The van der Waals surface area contributed by atoms with Crippen LogP contribution in [-0.2, 0) is 10.1 Å². The number of hydrogen-bond donors (Lipinski definition) is 1. The van der Waals surface area contributed by atoms with Gasteiger partial charge in [-0.15, -0.1) is 6.58 Å². The van der Waals surface area contributed by atoms with E-state index in [1.165, 1.54) is 6.08 Å². The molecule has 1 atom stereocenters. The van der Waals surface area contributed by atoms with E-state index in [0.29, 0.717) is 0 Å². The van der Waals surface area contributed by atoms with Gasteiger partial charge in [0.05, 0.1) is 11.9 Å². The van der Waals surface area contributed by atoms with Crippen molar-refractivity contribution in [2.45, 2.75) is 11.7 Å². The molecule has 0 aromatic heterocycles. The van der Waals surface area contributed by atoms with Crippen molar-refractivity contribution in [3.05, 3.63) is 12.7 Å². The summed E-state index contributed by atoms with van der Waals surface area (Å²) in [6, 6.07) is 0. The largest absolute Gasteiger partial charge is 1.00 e. The second-order valence-electron chi connectivity index (χ2n) is 1.82. The third-order valence-corrected chi connectivity index (χ3v) is 2.20. The first-order valence-electron chi connectivity index (χ1n) is 2.68. The molecule has 0 aliphatic heterocycles. The molecule has 0 aliphatic rings. The molecule has 0 spiro atoms. The van der Waals surface area contributed by atoms with Gasteiger partial charge in [0.25, 0.3) is 0 Å². The SMILES string of the molecule is C=CCC(CO)S(=O)(=O)[O-].[Na+]. The molecule has 0 amide bonds. The summed E-state index contributed by atoms with van der Waals surface area (Å²) in [5.41, 5.74) is 0. The van der Waals surface area contributed by atoms with Crippen LogP contribution in [0.15, 0.2) is 12.7 Å². The topological polar surface area (TPSA) is 77.4 Å². The van der Waals surface area contributed by atoms with E-state index in [1.807, 2.05) is 0 Å². The van der Waals surface area contributed by atoms with Gasteiger partial charge < -0.3 is 9.66 Å². The van der Waals surface area contributed by atoms with Gasteiger partial charge in [0.15, 0.2) is 0 Å². The molecule has 0 rings (SSSR count). The van der Waals surface area contributed by atoms with Crippen LogP contribution in [0.4, 0.5) is 0 Å². The zero-order valence-electron chi connectivity index (χ0n) is 6.36. The Morgan fingerprint density at radius 3 is 2.18 bits per heavy atom. The number of hydrogen-bond acceptors (Lipinski definition) is 4. The van der Waals surface area contributed by atoms with Crippen LogP contribution in [0.5, 0.6) is 0 Å². The van der Waals surface area contributed by atoms with E-state index in [9.17, 15) is 13.0 Å². The summed E-state index contributed by atoms with van der Waals surface area (Å²) in [6.45, 7) is 2.61. The molecule has 11 heavy (non-hydrogen) atoms. The number of aliphatic hydroxyl groups excluding tert-OH is 1. The molecule has 0 bridgehead atoms. The molecule has 0 heterocycles. The minimum Gasteiger partial charge on any atom is -0.748 e. The molecular weight excluding hydrogens is 179 g/mol. The third-order valence-electron chi connectivity index (χ3n) is 1.04. The van der Waals surface area contributed by atoms with Gasteiger partial charge in [-0.3, -0.25) is 0 Å². The van der Waals surface area contributed by atoms with Crippen LogP contribution in [0.25, 0.3) is 0 Å². The summed E-state index contributed by atoms with van der Waals surface area (Å²) >= 11 is 0. The standard InChI is InChI=1S/C5H10O4S.Na/c1-2-3-5(4-6)10(7,8)9;/h2,5-6H,1,3-4H2,(H,7,8,9);/q;+1/p-1. The van der Waals surface area contributed by atoms with Crippen LogP contribution in [-0.4, -0.2) is 29.9 Å². The molecule has 0 saturated heterocycles. The predicted molar refractivity (Wildman–Crippen MR) is 35.4 cm³/mol. The van der Waals surface area contributed by atoms with Crippen molar-refractivity contribution in [1.29, 1.82) is 0 Å².